The summed E-state index contributed by atoms with van der Waals surface area (Å²) in [6, 6.07) is 14.7. The summed E-state index contributed by atoms with van der Waals surface area (Å²) < 4.78 is 30.7. The summed E-state index contributed by atoms with van der Waals surface area (Å²) in [4.78, 5) is 30.4. The van der Waals surface area contributed by atoms with Crippen molar-refractivity contribution in [3.05, 3.63) is 58.9 Å². The fourth-order valence-electron chi connectivity index (χ4n) is 3.89. The van der Waals surface area contributed by atoms with E-state index in [0.29, 0.717) is 29.4 Å². The van der Waals surface area contributed by atoms with Gasteiger partial charge in [-0.25, -0.2) is 4.98 Å². The molecular formula is C23H20F2N4O3S. The van der Waals surface area contributed by atoms with Gasteiger partial charge in [-0.2, -0.15) is 14.0 Å². The van der Waals surface area contributed by atoms with Gasteiger partial charge < -0.3 is 10.1 Å². The van der Waals surface area contributed by atoms with E-state index >= 15 is 0 Å². The van der Waals surface area contributed by atoms with Gasteiger partial charge in [-0.1, -0.05) is 23.9 Å². The third-order valence-corrected chi connectivity index (χ3v) is 6.39. The molecule has 1 fully saturated rings. The number of aromatic nitrogens is 2. The lowest BCUT2D eigenvalue weighted by Crippen LogP contribution is -2.45. The number of carbonyl (C=O) groups excluding carboxylic acids is 1. The molecule has 0 unspecified atom stereocenters. The van der Waals surface area contributed by atoms with E-state index < -0.39 is 12.2 Å². The van der Waals surface area contributed by atoms with Crippen LogP contribution >= 0.6 is 11.8 Å². The molecule has 4 rings (SSSR count). The highest BCUT2D eigenvalue weighted by atomic mass is 32.2. The topological polar surface area (TPSA) is 97.0 Å². The summed E-state index contributed by atoms with van der Waals surface area (Å²) in [6.07, 6.45) is 3.01. The van der Waals surface area contributed by atoms with Crippen LogP contribution in [0, 0.1) is 11.3 Å². The number of benzene rings is 2. The number of nitrogens with zero attached hydrogens (tertiary/aromatic N) is 3. The average molecular weight is 471 g/mol. The third-order valence-electron chi connectivity index (χ3n) is 5.45. The number of halogens is 2. The van der Waals surface area contributed by atoms with Crippen LogP contribution in [-0.4, -0.2) is 33.4 Å². The Morgan fingerprint density at radius 3 is 2.58 bits per heavy atom. The number of nitriles is 1. The fraction of sp³-hybridized carbons (Fsp3) is 0.304. The molecule has 0 spiro atoms. The number of hydrogen-bond acceptors (Lipinski definition) is 6. The Labute approximate surface area is 192 Å². The normalized spacial score (nSPS) is 14.8. The summed E-state index contributed by atoms with van der Waals surface area (Å²) in [5.41, 5.74) is -0.319. The molecule has 1 heterocycles. The zero-order chi connectivity index (χ0) is 23.4. The van der Waals surface area contributed by atoms with Crippen LogP contribution in [0.5, 0.6) is 5.75 Å². The fourth-order valence-corrected chi connectivity index (χ4v) is 4.70. The second kappa shape index (κ2) is 9.58. The number of ether oxygens (including phenoxy) is 1. The molecule has 33 heavy (non-hydrogen) atoms. The molecule has 0 bridgehead atoms. The molecule has 1 N–H and O–H groups in total. The van der Waals surface area contributed by atoms with Gasteiger partial charge in [0.05, 0.1) is 28.4 Å². The number of carbonyl (C=O) groups is 1. The minimum absolute atomic E-state index is 0.0394. The third kappa shape index (κ3) is 4.98. The Hall–Kier alpha value is -3.45. The molecule has 170 valence electrons. The minimum atomic E-state index is -2.96. The molecule has 0 radical (unpaired) electrons. The van der Waals surface area contributed by atoms with Crippen molar-refractivity contribution in [2.45, 2.75) is 43.0 Å². The first-order valence-electron chi connectivity index (χ1n) is 10.3. The van der Waals surface area contributed by atoms with Crippen LogP contribution in [0.15, 0.2) is 58.5 Å². The predicted octanol–water partition coefficient (Wildman–Crippen LogP) is 4.03. The van der Waals surface area contributed by atoms with Crippen LogP contribution in [0.25, 0.3) is 16.6 Å². The summed E-state index contributed by atoms with van der Waals surface area (Å²) in [5.74, 6) is -0.401. The molecule has 1 aromatic heterocycles. The van der Waals surface area contributed by atoms with Crippen LogP contribution in [-0.2, 0) is 4.79 Å². The Balaban J connectivity index is 1.65. The Morgan fingerprint density at radius 2 is 1.91 bits per heavy atom. The Bertz CT molecular complexity index is 1270. The summed E-state index contributed by atoms with van der Waals surface area (Å²) >= 11 is 1.07. The molecule has 0 saturated heterocycles. The molecule has 3 aromatic rings. The molecule has 1 saturated carbocycles. The van der Waals surface area contributed by atoms with Crippen molar-refractivity contribution in [2.24, 2.45) is 0 Å². The molecule has 1 aliphatic rings. The zero-order valence-corrected chi connectivity index (χ0v) is 18.3. The van der Waals surface area contributed by atoms with Crippen LogP contribution in [0.3, 0.4) is 0 Å². The molecule has 7 nitrogen and oxygen atoms in total. The summed E-state index contributed by atoms with van der Waals surface area (Å²) in [6.45, 7) is -2.96. The summed E-state index contributed by atoms with van der Waals surface area (Å²) in [5, 5.41) is 13.0. The second-order valence-corrected chi connectivity index (χ2v) is 8.60. The van der Waals surface area contributed by atoms with E-state index in [-0.39, 0.29) is 28.1 Å². The van der Waals surface area contributed by atoms with Crippen molar-refractivity contribution in [1.82, 2.24) is 14.9 Å². The van der Waals surface area contributed by atoms with Gasteiger partial charge in [0.25, 0.3) is 5.56 Å². The van der Waals surface area contributed by atoms with Crippen LogP contribution < -0.4 is 15.6 Å². The van der Waals surface area contributed by atoms with Gasteiger partial charge in [0.15, 0.2) is 5.16 Å². The quantitative estimate of drug-likeness (QED) is 0.414. The van der Waals surface area contributed by atoms with Gasteiger partial charge in [-0.3, -0.25) is 14.2 Å². The lowest BCUT2D eigenvalue weighted by atomic mass is 10.0. The number of amides is 1. The first-order valence-corrected chi connectivity index (χ1v) is 11.3. The highest BCUT2D eigenvalue weighted by Crippen LogP contribution is 2.29. The van der Waals surface area contributed by atoms with E-state index in [2.05, 4.69) is 21.1 Å². The number of rotatable bonds is 7. The SMILES string of the molecule is N#CC1(NC(=O)CSc2nc3ccccc3c(=O)n2-c2ccc(OC(F)F)cc2)CCCC1. The lowest BCUT2D eigenvalue weighted by molar-refractivity contribution is -0.119. The number of thioether (sulfide) groups is 1. The predicted molar refractivity (Wildman–Crippen MR) is 120 cm³/mol. The second-order valence-electron chi connectivity index (χ2n) is 7.66. The molecule has 10 heteroatoms. The van der Waals surface area contributed by atoms with E-state index in [0.717, 1.165) is 24.6 Å². The molecule has 2 aromatic carbocycles. The van der Waals surface area contributed by atoms with E-state index in [1.165, 1.54) is 28.8 Å². The van der Waals surface area contributed by atoms with Gasteiger partial charge in [0.1, 0.15) is 11.3 Å². The number of hydrogen-bond donors (Lipinski definition) is 1. The van der Waals surface area contributed by atoms with Crippen LogP contribution in [0.2, 0.25) is 0 Å². The number of nitrogens with one attached hydrogen (secondary N) is 1. The Kier molecular flexibility index (Phi) is 6.60. The molecule has 1 amide bonds. The van der Waals surface area contributed by atoms with Gasteiger partial charge in [-0.05, 0) is 62.1 Å². The van der Waals surface area contributed by atoms with Gasteiger partial charge in [0.2, 0.25) is 5.91 Å². The van der Waals surface area contributed by atoms with Crippen LogP contribution in [0.1, 0.15) is 25.7 Å². The van der Waals surface area contributed by atoms with Crippen molar-refractivity contribution in [3.8, 4) is 17.5 Å². The van der Waals surface area contributed by atoms with Crippen molar-refractivity contribution < 1.29 is 18.3 Å². The molecule has 1 aliphatic carbocycles. The maximum Gasteiger partial charge on any atom is 0.387 e. The lowest BCUT2D eigenvalue weighted by Gasteiger charge is -2.22. The first kappa shape index (κ1) is 22.7. The smallest absolute Gasteiger partial charge is 0.387 e. The van der Waals surface area contributed by atoms with Crippen LogP contribution in [0.4, 0.5) is 8.78 Å². The van der Waals surface area contributed by atoms with Gasteiger partial charge in [-0.15, -0.1) is 0 Å². The standard InChI is InChI=1S/C23H20F2N4O3S/c24-21(25)32-16-9-7-15(8-10-16)29-20(31)17-5-1-2-6-18(17)27-22(29)33-13-19(30)28-23(14-26)11-3-4-12-23/h1-2,5-10,21H,3-4,11-13H2,(H,28,30). The number of alkyl halides is 2. The summed E-state index contributed by atoms with van der Waals surface area (Å²) in [7, 11) is 0. The molecule has 0 atom stereocenters. The highest BCUT2D eigenvalue weighted by Gasteiger charge is 2.35. The minimum Gasteiger partial charge on any atom is -0.435 e. The van der Waals surface area contributed by atoms with Crippen molar-refractivity contribution in [1.29, 1.82) is 5.26 Å². The van der Waals surface area contributed by atoms with E-state index in [1.807, 2.05) is 0 Å². The zero-order valence-electron chi connectivity index (χ0n) is 17.5. The van der Waals surface area contributed by atoms with Crippen molar-refractivity contribution >= 4 is 28.6 Å². The first-order chi connectivity index (χ1) is 15.9. The maximum absolute atomic E-state index is 13.2. The van der Waals surface area contributed by atoms with E-state index in [4.69, 9.17) is 0 Å². The largest absolute Gasteiger partial charge is 0.435 e. The van der Waals surface area contributed by atoms with E-state index in [1.54, 1.807) is 24.3 Å². The monoisotopic (exact) mass is 470 g/mol. The number of fused-ring (bicyclic) bond motifs is 1. The highest BCUT2D eigenvalue weighted by molar-refractivity contribution is 7.99. The van der Waals surface area contributed by atoms with Crippen molar-refractivity contribution in [3.63, 3.8) is 0 Å². The molecular weight excluding hydrogens is 450 g/mol. The Morgan fingerprint density at radius 1 is 1.21 bits per heavy atom. The average Bonchev–Trinajstić information content (AvgIpc) is 3.27. The molecule has 0 aliphatic heterocycles. The van der Waals surface area contributed by atoms with Crippen molar-refractivity contribution in [2.75, 3.05) is 5.75 Å². The van der Waals surface area contributed by atoms with Gasteiger partial charge in [0, 0.05) is 0 Å². The maximum atomic E-state index is 13.2. The number of para-hydroxylation sites is 1. The van der Waals surface area contributed by atoms with E-state index in [9.17, 15) is 23.6 Å². The van der Waals surface area contributed by atoms with Gasteiger partial charge >= 0.3 is 6.61 Å².